The Balaban J connectivity index is 2.05. The van der Waals surface area contributed by atoms with Crippen LogP contribution < -0.4 is 4.74 Å². The van der Waals surface area contributed by atoms with Crippen LogP contribution in [-0.2, 0) is 0 Å². The number of ether oxygens (including phenoxy) is 1. The van der Waals surface area contributed by atoms with E-state index in [0.29, 0.717) is 22.3 Å². The molecule has 0 unspecified atom stereocenters. The lowest BCUT2D eigenvalue weighted by molar-refractivity contribution is 0.413. The first-order valence-electron chi connectivity index (χ1n) is 5.94. The lowest BCUT2D eigenvalue weighted by atomic mass is 10.1. The molecule has 0 spiro atoms. The molecule has 2 heterocycles. The van der Waals surface area contributed by atoms with Crippen LogP contribution in [-0.4, -0.2) is 22.4 Å². The van der Waals surface area contributed by atoms with Crippen molar-refractivity contribution in [3.63, 3.8) is 0 Å². The lowest BCUT2D eigenvalue weighted by Gasteiger charge is -2.05. The Bertz CT molecular complexity index is 748. The van der Waals surface area contributed by atoms with Crippen molar-refractivity contribution in [3.8, 4) is 33.7 Å². The highest BCUT2D eigenvalue weighted by atomic mass is 32.1. The summed E-state index contributed by atoms with van der Waals surface area (Å²) in [5.74, 6) is 1.56. The molecule has 0 aliphatic heterocycles. The Labute approximate surface area is 119 Å². The van der Waals surface area contributed by atoms with Crippen LogP contribution in [0.3, 0.4) is 0 Å². The summed E-state index contributed by atoms with van der Waals surface area (Å²) in [6.45, 7) is 1.98. The van der Waals surface area contributed by atoms with Crippen LogP contribution in [0.2, 0.25) is 0 Å². The molecular formula is C14H12N2O3S. The molecule has 0 aliphatic rings. The van der Waals surface area contributed by atoms with Crippen molar-refractivity contribution >= 4 is 11.3 Å². The molecule has 0 bridgehead atoms. The molecule has 102 valence electrons. The lowest BCUT2D eigenvalue weighted by Crippen LogP contribution is -1.90. The monoisotopic (exact) mass is 288 g/mol. The van der Waals surface area contributed by atoms with E-state index in [1.54, 1.807) is 18.6 Å². The van der Waals surface area contributed by atoms with Crippen molar-refractivity contribution in [2.24, 2.45) is 0 Å². The van der Waals surface area contributed by atoms with E-state index in [1.165, 1.54) is 11.3 Å². The van der Waals surface area contributed by atoms with Crippen molar-refractivity contribution < 1.29 is 14.4 Å². The van der Waals surface area contributed by atoms with Gasteiger partial charge in [0.05, 0.1) is 12.7 Å². The zero-order valence-electron chi connectivity index (χ0n) is 11.0. The van der Waals surface area contributed by atoms with E-state index in [4.69, 9.17) is 9.26 Å². The second-order valence-electron chi connectivity index (χ2n) is 4.26. The molecule has 20 heavy (non-hydrogen) atoms. The van der Waals surface area contributed by atoms with Crippen LogP contribution in [0.15, 0.2) is 34.2 Å². The summed E-state index contributed by atoms with van der Waals surface area (Å²) in [5, 5.41) is 15.4. The van der Waals surface area contributed by atoms with E-state index >= 15 is 0 Å². The third-order valence-electron chi connectivity index (χ3n) is 2.86. The Morgan fingerprint density at radius 1 is 1.30 bits per heavy atom. The van der Waals surface area contributed by atoms with Crippen LogP contribution in [0.25, 0.3) is 22.2 Å². The van der Waals surface area contributed by atoms with Gasteiger partial charge in [0, 0.05) is 0 Å². The highest BCUT2D eigenvalue weighted by Gasteiger charge is 2.17. The molecular weight excluding hydrogens is 276 g/mol. The highest BCUT2D eigenvalue weighted by molar-refractivity contribution is 7.13. The van der Waals surface area contributed by atoms with Gasteiger partial charge in [-0.25, -0.2) is 0 Å². The fourth-order valence-electron chi connectivity index (χ4n) is 1.87. The molecule has 0 aliphatic carbocycles. The fraction of sp³-hybridized carbons (Fsp3) is 0.143. The molecule has 3 aromatic rings. The minimum absolute atomic E-state index is 0.140. The SMILES string of the molecule is COc1cc(C)ccc1-c1noc(-c2sccc2O)n1. The topological polar surface area (TPSA) is 68.4 Å². The van der Waals surface area contributed by atoms with Gasteiger partial charge in [-0.15, -0.1) is 11.3 Å². The third-order valence-corrected chi connectivity index (χ3v) is 3.75. The zero-order chi connectivity index (χ0) is 14.1. The summed E-state index contributed by atoms with van der Waals surface area (Å²) < 4.78 is 10.5. The molecule has 2 aromatic heterocycles. The summed E-state index contributed by atoms with van der Waals surface area (Å²) in [7, 11) is 1.60. The summed E-state index contributed by atoms with van der Waals surface area (Å²) >= 11 is 1.35. The number of aromatic hydroxyl groups is 1. The van der Waals surface area contributed by atoms with E-state index in [2.05, 4.69) is 10.1 Å². The van der Waals surface area contributed by atoms with Gasteiger partial charge in [0.15, 0.2) is 0 Å². The number of benzene rings is 1. The zero-order valence-corrected chi connectivity index (χ0v) is 11.8. The van der Waals surface area contributed by atoms with Gasteiger partial charge in [0.2, 0.25) is 5.82 Å². The van der Waals surface area contributed by atoms with Crippen LogP contribution >= 0.6 is 11.3 Å². The minimum atomic E-state index is 0.140. The Morgan fingerprint density at radius 2 is 2.15 bits per heavy atom. The molecule has 5 nitrogen and oxygen atoms in total. The number of hydrogen-bond donors (Lipinski definition) is 1. The van der Waals surface area contributed by atoms with Crippen molar-refractivity contribution in [3.05, 3.63) is 35.2 Å². The molecule has 6 heteroatoms. The van der Waals surface area contributed by atoms with Crippen LogP contribution in [0, 0.1) is 6.92 Å². The second kappa shape index (κ2) is 4.97. The average molecular weight is 288 g/mol. The molecule has 0 atom stereocenters. The maximum absolute atomic E-state index is 9.68. The van der Waals surface area contributed by atoms with Crippen molar-refractivity contribution in [2.75, 3.05) is 7.11 Å². The summed E-state index contributed by atoms with van der Waals surface area (Å²) in [6.07, 6.45) is 0. The van der Waals surface area contributed by atoms with Gasteiger partial charge >= 0.3 is 0 Å². The van der Waals surface area contributed by atoms with Gasteiger partial charge in [-0.05, 0) is 36.1 Å². The summed E-state index contributed by atoms with van der Waals surface area (Å²) in [6, 6.07) is 7.35. The van der Waals surface area contributed by atoms with Gasteiger partial charge in [0.25, 0.3) is 5.89 Å². The van der Waals surface area contributed by atoms with E-state index in [9.17, 15) is 5.11 Å². The predicted molar refractivity (Wildman–Crippen MR) is 76.0 cm³/mol. The molecule has 0 fully saturated rings. The van der Waals surface area contributed by atoms with Gasteiger partial charge in [-0.1, -0.05) is 11.2 Å². The Kier molecular flexibility index (Phi) is 3.15. The average Bonchev–Trinajstić information content (AvgIpc) is 3.07. The number of thiophene rings is 1. The van der Waals surface area contributed by atoms with Gasteiger partial charge < -0.3 is 14.4 Å². The minimum Gasteiger partial charge on any atom is -0.506 e. The molecule has 3 rings (SSSR count). The highest BCUT2D eigenvalue weighted by Crippen LogP contribution is 2.35. The first-order chi connectivity index (χ1) is 9.69. The fourth-order valence-corrected chi connectivity index (χ4v) is 2.58. The number of methoxy groups -OCH3 is 1. The number of nitrogens with zero attached hydrogens (tertiary/aromatic N) is 2. The first kappa shape index (κ1) is 12.7. The summed E-state index contributed by atoms with van der Waals surface area (Å²) in [5.41, 5.74) is 1.84. The van der Waals surface area contributed by atoms with Gasteiger partial charge in [0.1, 0.15) is 16.4 Å². The third kappa shape index (κ3) is 2.14. The van der Waals surface area contributed by atoms with Crippen molar-refractivity contribution in [1.82, 2.24) is 10.1 Å². The predicted octanol–water partition coefficient (Wildman–Crippen LogP) is 3.49. The molecule has 1 N–H and O–H groups in total. The van der Waals surface area contributed by atoms with Crippen LogP contribution in [0.5, 0.6) is 11.5 Å². The number of hydrogen-bond acceptors (Lipinski definition) is 6. The second-order valence-corrected chi connectivity index (χ2v) is 5.18. The first-order valence-corrected chi connectivity index (χ1v) is 6.82. The molecule has 0 saturated heterocycles. The molecule has 1 aromatic carbocycles. The van der Waals surface area contributed by atoms with E-state index < -0.39 is 0 Å². The number of aryl methyl sites for hydroxylation is 1. The van der Waals surface area contributed by atoms with Crippen LogP contribution in [0.1, 0.15) is 5.56 Å². The smallest absolute Gasteiger partial charge is 0.272 e. The molecule has 0 radical (unpaired) electrons. The normalized spacial score (nSPS) is 10.7. The molecule has 0 amide bonds. The summed E-state index contributed by atoms with van der Waals surface area (Å²) in [4.78, 5) is 4.88. The maximum atomic E-state index is 9.68. The van der Waals surface area contributed by atoms with Crippen molar-refractivity contribution in [1.29, 1.82) is 0 Å². The van der Waals surface area contributed by atoms with Crippen molar-refractivity contribution in [2.45, 2.75) is 6.92 Å². The maximum Gasteiger partial charge on any atom is 0.272 e. The van der Waals surface area contributed by atoms with Crippen LogP contribution in [0.4, 0.5) is 0 Å². The van der Waals surface area contributed by atoms with Gasteiger partial charge in [-0.3, -0.25) is 0 Å². The van der Waals surface area contributed by atoms with E-state index in [-0.39, 0.29) is 5.75 Å². The van der Waals surface area contributed by atoms with E-state index in [0.717, 1.165) is 11.1 Å². The number of rotatable bonds is 3. The van der Waals surface area contributed by atoms with Gasteiger partial charge in [-0.2, -0.15) is 4.98 Å². The van der Waals surface area contributed by atoms with E-state index in [1.807, 2.05) is 25.1 Å². The Morgan fingerprint density at radius 3 is 2.85 bits per heavy atom. The molecule has 0 saturated carbocycles. The Hall–Kier alpha value is -2.34. The standard InChI is InChI=1S/C14H12N2O3S/c1-8-3-4-9(11(7-8)18-2)13-15-14(19-16-13)12-10(17)5-6-20-12/h3-7,17H,1-2H3. The largest absolute Gasteiger partial charge is 0.506 e. The number of aromatic nitrogens is 2. The quantitative estimate of drug-likeness (QED) is 0.799.